The van der Waals surface area contributed by atoms with Crippen molar-refractivity contribution < 1.29 is 9.90 Å². The number of amides is 1. The number of carbonyl (C=O) groups excluding carboxylic acids is 1. The summed E-state index contributed by atoms with van der Waals surface area (Å²) in [6.45, 7) is 0.243. The van der Waals surface area contributed by atoms with Gasteiger partial charge in [0.25, 0.3) is 0 Å². The Balaban J connectivity index is 2.08. The average molecular weight is 175 g/mol. The van der Waals surface area contributed by atoms with Crippen molar-refractivity contribution in [3.05, 3.63) is 0 Å². The van der Waals surface area contributed by atoms with Gasteiger partial charge in [0, 0.05) is 12.6 Å². The Labute approximate surface area is 71.6 Å². The van der Waals surface area contributed by atoms with E-state index in [2.05, 4.69) is 17.9 Å². The van der Waals surface area contributed by atoms with E-state index in [1.165, 1.54) is 0 Å². The lowest BCUT2D eigenvalue weighted by Crippen LogP contribution is -2.45. The number of hydrogen-bond donors (Lipinski definition) is 3. The summed E-state index contributed by atoms with van der Waals surface area (Å²) in [5.74, 6) is 0.634. The van der Waals surface area contributed by atoms with E-state index in [0.717, 1.165) is 12.8 Å². The Morgan fingerprint density at radius 2 is 2.27 bits per heavy atom. The number of carbonyl (C=O) groups is 1. The van der Waals surface area contributed by atoms with Crippen molar-refractivity contribution in [3.8, 4) is 0 Å². The number of aliphatic hydroxyl groups is 1. The van der Waals surface area contributed by atoms with E-state index in [4.69, 9.17) is 5.11 Å². The lowest BCUT2D eigenvalue weighted by molar-refractivity contribution is -0.120. The Bertz CT molecular complexity index is 145. The zero-order chi connectivity index (χ0) is 8.27. The van der Waals surface area contributed by atoms with Crippen LogP contribution in [0.1, 0.15) is 12.8 Å². The highest BCUT2D eigenvalue weighted by molar-refractivity contribution is 7.81. The molecule has 64 valence electrons. The minimum atomic E-state index is -0.0188. The van der Waals surface area contributed by atoms with Gasteiger partial charge in [-0.1, -0.05) is 0 Å². The Kier molecular flexibility index (Phi) is 3.20. The van der Waals surface area contributed by atoms with Crippen LogP contribution in [-0.4, -0.2) is 29.4 Å². The molecule has 1 amide bonds. The smallest absolute Gasteiger partial charge is 0.229 e. The molecule has 11 heavy (non-hydrogen) atoms. The highest BCUT2D eigenvalue weighted by Crippen LogP contribution is 2.26. The summed E-state index contributed by atoms with van der Waals surface area (Å²) < 4.78 is 0. The van der Waals surface area contributed by atoms with Gasteiger partial charge in [0.1, 0.15) is 0 Å². The summed E-state index contributed by atoms with van der Waals surface area (Å²) in [7, 11) is 0. The molecule has 0 aromatic rings. The second-order valence-corrected chi connectivity index (χ2v) is 3.26. The molecule has 0 spiro atoms. The van der Waals surface area contributed by atoms with Crippen LogP contribution in [0.4, 0.5) is 0 Å². The fourth-order valence-corrected chi connectivity index (χ4v) is 1.37. The van der Waals surface area contributed by atoms with Gasteiger partial charge in [0.05, 0.1) is 5.75 Å². The molecule has 0 heterocycles. The molecule has 1 rings (SSSR count). The number of thiol groups is 1. The topological polar surface area (TPSA) is 49.3 Å². The van der Waals surface area contributed by atoms with Crippen LogP contribution >= 0.6 is 12.6 Å². The van der Waals surface area contributed by atoms with Gasteiger partial charge in [-0.05, 0) is 18.8 Å². The molecular formula is C7H13NO2S. The van der Waals surface area contributed by atoms with E-state index < -0.39 is 0 Å². The molecule has 1 aliphatic rings. The first-order valence-electron chi connectivity index (χ1n) is 3.77. The number of aliphatic hydroxyl groups excluding tert-OH is 1. The minimum Gasteiger partial charge on any atom is -0.396 e. The van der Waals surface area contributed by atoms with Crippen molar-refractivity contribution in [2.24, 2.45) is 5.92 Å². The first-order chi connectivity index (χ1) is 5.26. The molecule has 0 unspecified atom stereocenters. The monoisotopic (exact) mass is 175 g/mol. The second kappa shape index (κ2) is 3.97. The van der Waals surface area contributed by atoms with Crippen LogP contribution in [0.15, 0.2) is 0 Å². The lowest BCUT2D eigenvalue weighted by atomic mass is 9.81. The summed E-state index contributed by atoms with van der Waals surface area (Å²) >= 11 is 3.84. The third-order valence-corrected chi connectivity index (χ3v) is 2.29. The maximum Gasteiger partial charge on any atom is 0.229 e. The molecule has 0 aliphatic heterocycles. The Morgan fingerprint density at radius 1 is 1.64 bits per heavy atom. The summed E-state index contributed by atoms with van der Waals surface area (Å²) in [5.41, 5.74) is 0. The predicted octanol–water partition coefficient (Wildman–Crippen LogP) is -0.197. The minimum absolute atomic E-state index is 0.0188. The predicted molar refractivity (Wildman–Crippen MR) is 45.6 cm³/mol. The molecule has 0 radical (unpaired) electrons. The van der Waals surface area contributed by atoms with Crippen LogP contribution in [0, 0.1) is 5.92 Å². The van der Waals surface area contributed by atoms with Crippen molar-refractivity contribution in [2.75, 3.05) is 12.4 Å². The highest BCUT2D eigenvalue weighted by Gasteiger charge is 2.28. The summed E-state index contributed by atoms with van der Waals surface area (Å²) in [6.07, 6.45) is 1.83. The van der Waals surface area contributed by atoms with Crippen LogP contribution < -0.4 is 5.32 Å². The van der Waals surface area contributed by atoms with Crippen LogP contribution in [0.2, 0.25) is 0 Å². The van der Waals surface area contributed by atoms with Gasteiger partial charge in [-0.3, -0.25) is 4.79 Å². The molecule has 0 aromatic heterocycles. The molecule has 0 saturated heterocycles. The van der Waals surface area contributed by atoms with Crippen LogP contribution in [-0.2, 0) is 4.79 Å². The van der Waals surface area contributed by atoms with Crippen molar-refractivity contribution in [1.82, 2.24) is 5.32 Å². The van der Waals surface area contributed by atoms with Crippen LogP contribution in [0.5, 0.6) is 0 Å². The third-order valence-electron chi connectivity index (χ3n) is 2.00. The van der Waals surface area contributed by atoms with Crippen LogP contribution in [0.3, 0.4) is 0 Å². The van der Waals surface area contributed by atoms with Gasteiger partial charge >= 0.3 is 0 Å². The zero-order valence-corrected chi connectivity index (χ0v) is 7.18. The van der Waals surface area contributed by atoms with Crippen LogP contribution in [0.25, 0.3) is 0 Å². The zero-order valence-electron chi connectivity index (χ0n) is 6.29. The standard InChI is InChI=1S/C7H13NO2S/c9-3-5-1-6(2-5)8-7(10)4-11/h5-6,9,11H,1-4H2,(H,8,10). The SMILES string of the molecule is O=C(CS)NC1CC(CO)C1. The molecule has 1 fully saturated rings. The normalized spacial score (nSPS) is 29.3. The van der Waals surface area contributed by atoms with Crippen molar-refractivity contribution in [2.45, 2.75) is 18.9 Å². The van der Waals surface area contributed by atoms with E-state index >= 15 is 0 Å². The fraction of sp³-hybridized carbons (Fsp3) is 0.857. The Morgan fingerprint density at radius 3 is 2.73 bits per heavy atom. The summed E-state index contributed by atoms with van der Waals surface area (Å²) in [5, 5.41) is 11.5. The highest BCUT2D eigenvalue weighted by atomic mass is 32.1. The molecule has 1 aliphatic carbocycles. The summed E-state index contributed by atoms with van der Waals surface area (Å²) in [6, 6.07) is 0.284. The van der Waals surface area contributed by atoms with Crippen molar-refractivity contribution in [3.63, 3.8) is 0 Å². The van der Waals surface area contributed by atoms with Gasteiger partial charge in [-0.25, -0.2) is 0 Å². The van der Waals surface area contributed by atoms with Gasteiger partial charge in [0.15, 0.2) is 0 Å². The molecule has 4 heteroatoms. The van der Waals surface area contributed by atoms with Gasteiger partial charge < -0.3 is 10.4 Å². The molecule has 0 aromatic carbocycles. The van der Waals surface area contributed by atoms with Crippen molar-refractivity contribution in [1.29, 1.82) is 0 Å². The maximum absolute atomic E-state index is 10.8. The first-order valence-corrected chi connectivity index (χ1v) is 4.40. The molecule has 2 N–H and O–H groups in total. The van der Waals surface area contributed by atoms with Gasteiger partial charge in [0.2, 0.25) is 5.91 Å². The molecule has 1 saturated carbocycles. The Hall–Kier alpha value is -0.220. The third kappa shape index (κ3) is 2.38. The molecular weight excluding hydrogens is 162 g/mol. The fourth-order valence-electron chi connectivity index (χ4n) is 1.28. The van der Waals surface area contributed by atoms with E-state index in [-0.39, 0.29) is 24.3 Å². The van der Waals surface area contributed by atoms with E-state index in [9.17, 15) is 4.79 Å². The molecule has 0 atom stereocenters. The molecule has 3 nitrogen and oxygen atoms in total. The number of hydrogen-bond acceptors (Lipinski definition) is 3. The first kappa shape index (κ1) is 8.87. The lowest BCUT2D eigenvalue weighted by Gasteiger charge is -2.34. The second-order valence-electron chi connectivity index (χ2n) is 2.94. The van der Waals surface area contributed by atoms with E-state index in [1.807, 2.05) is 0 Å². The quantitative estimate of drug-likeness (QED) is 0.520. The number of nitrogens with one attached hydrogen (secondary N) is 1. The van der Waals surface area contributed by atoms with Crippen molar-refractivity contribution >= 4 is 18.5 Å². The average Bonchev–Trinajstić information content (AvgIpc) is 1.95. The molecule has 0 bridgehead atoms. The van der Waals surface area contributed by atoms with E-state index in [1.54, 1.807) is 0 Å². The van der Waals surface area contributed by atoms with E-state index in [0.29, 0.717) is 5.92 Å². The summed E-state index contributed by atoms with van der Waals surface area (Å²) in [4.78, 5) is 10.8. The number of rotatable bonds is 3. The van der Waals surface area contributed by atoms with Gasteiger partial charge in [-0.2, -0.15) is 12.6 Å². The largest absolute Gasteiger partial charge is 0.396 e. The van der Waals surface area contributed by atoms with Gasteiger partial charge in [-0.15, -0.1) is 0 Å². The maximum atomic E-state index is 10.8.